The highest BCUT2D eigenvalue weighted by atomic mass is 32.2. The fourth-order valence-corrected chi connectivity index (χ4v) is 4.53. The minimum atomic E-state index is -4.77. The lowest BCUT2D eigenvalue weighted by atomic mass is 10.1. The molecule has 0 aliphatic carbocycles. The highest BCUT2D eigenvalue weighted by Crippen LogP contribution is 2.36. The smallest absolute Gasteiger partial charge is 0.295 e. The Kier molecular flexibility index (Phi) is 4.98. The molecule has 0 saturated heterocycles. The van der Waals surface area contributed by atoms with Crippen LogP contribution in [0.2, 0.25) is 0 Å². The van der Waals surface area contributed by atoms with Crippen LogP contribution in [-0.2, 0) is 20.2 Å². The fraction of sp³-hybridized carbons (Fsp3) is 0. The van der Waals surface area contributed by atoms with E-state index in [9.17, 15) is 31.0 Å². The van der Waals surface area contributed by atoms with Gasteiger partial charge >= 0.3 is 0 Å². The summed E-state index contributed by atoms with van der Waals surface area (Å²) in [4.78, 5) is -1.37. The Morgan fingerprint density at radius 2 is 1.42 bits per heavy atom. The molecule has 4 aromatic carbocycles. The van der Waals surface area contributed by atoms with Gasteiger partial charge in [0.1, 0.15) is 16.3 Å². The Bertz CT molecular complexity index is 1600. The van der Waals surface area contributed by atoms with E-state index in [0.29, 0.717) is 11.5 Å². The van der Waals surface area contributed by atoms with Gasteiger partial charge in [-0.25, -0.2) is 0 Å². The van der Waals surface area contributed by atoms with Gasteiger partial charge in [0.15, 0.2) is 0 Å². The van der Waals surface area contributed by atoms with E-state index in [2.05, 4.69) is 10.2 Å². The van der Waals surface area contributed by atoms with Crippen LogP contribution in [0.1, 0.15) is 0 Å². The Hall–Kier alpha value is -3.38. The highest BCUT2D eigenvalue weighted by Gasteiger charge is 2.20. The molecule has 0 fully saturated rings. The fourth-order valence-electron chi connectivity index (χ4n) is 3.18. The first kappa shape index (κ1) is 20.9. The predicted octanol–water partition coefficient (Wildman–Crippen LogP) is 4.61. The van der Waals surface area contributed by atoms with Gasteiger partial charge in [-0.3, -0.25) is 9.11 Å². The molecule has 4 rings (SSSR count). The van der Waals surface area contributed by atoms with Gasteiger partial charge in [-0.1, -0.05) is 36.4 Å². The van der Waals surface area contributed by atoms with Crippen molar-refractivity contribution >= 4 is 53.2 Å². The van der Waals surface area contributed by atoms with Crippen molar-refractivity contribution < 1.29 is 31.0 Å². The Morgan fingerprint density at radius 1 is 0.677 bits per heavy atom. The summed E-state index contributed by atoms with van der Waals surface area (Å²) in [5.41, 5.74) is 0.442. The van der Waals surface area contributed by atoms with Crippen molar-refractivity contribution in [2.24, 2.45) is 10.2 Å². The predicted molar refractivity (Wildman–Crippen MR) is 113 cm³/mol. The zero-order chi connectivity index (χ0) is 22.4. The van der Waals surface area contributed by atoms with Crippen LogP contribution in [0.4, 0.5) is 11.4 Å². The molecule has 0 bridgehead atoms. The molecular formula is C20H14N2O7S2. The van der Waals surface area contributed by atoms with Crippen LogP contribution >= 0.6 is 0 Å². The van der Waals surface area contributed by atoms with E-state index in [-0.39, 0.29) is 27.9 Å². The molecule has 9 nitrogen and oxygen atoms in total. The first-order valence-corrected chi connectivity index (χ1v) is 11.6. The second kappa shape index (κ2) is 7.39. The van der Waals surface area contributed by atoms with Crippen molar-refractivity contribution in [2.45, 2.75) is 9.79 Å². The van der Waals surface area contributed by atoms with Gasteiger partial charge in [0.2, 0.25) is 0 Å². The molecule has 158 valence electrons. The molecule has 0 spiro atoms. The van der Waals surface area contributed by atoms with E-state index < -0.39 is 30.0 Å². The molecule has 0 aromatic heterocycles. The number of benzene rings is 4. The number of nitrogens with zero attached hydrogens (tertiary/aromatic N) is 2. The number of azo groups is 1. The van der Waals surface area contributed by atoms with Crippen molar-refractivity contribution in [1.82, 2.24) is 0 Å². The summed E-state index contributed by atoms with van der Waals surface area (Å²) in [6, 6.07) is 16.2. The average Bonchev–Trinajstić information content (AvgIpc) is 2.70. The lowest BCUT2D eigenvalue weighted by Gasteiger charge is -2.08. The number of aromatic hydroxyl groups is 1. The van der Waals surface area contributed by atoms with Crippen LogP contribution in [0.15, 0.2) is 86.7 Å². The first-order chi connectivity index (χ1) is 14.5. The third kappa shape index (κ3) is 4.11. The summed E-state index contributed by atoms with van der Waals surface area (Å²) in [6.45, 7) is 0. The molecule has 0 heterocycles. The summed E-state index contributed by atoms with van der Waals surface area (Å²) in [6.07, 6.45) is 0. The number of rotatable bonds is 4. The molecule has 0 aliphatic heterocycles. The standard InChI is InChI=1S/C20H14N2O7S2/c23-18-8-5-12-3-1-2-4-17(12)20(18)22-21-14-6-7-16-13(9-14)10-15(30(24,25)26)11-19(16)31(27,28)29/h1-11,23H,(H,24,25,26)(H,27,28,29). The summed E-state index contributed by atoms with van der Waals surface area (Å²) in [5, 5.41) is 19.9. The third-order valence-corrected chi connectivity index (χ3v) is 6.32. The van der Waals surface area contributed by atoms with Gasteiger partial charge in [0.25, 0.3) is 20.2 Å². The maximum Gasteiger partial charge on any atom is 0.295 e. The molecule has 0 radical (unpaired) electrons. The van der Waals surface area contributed by atoms with Crippen LogP contribution < -0.4 is 0 Å². The van der Waals surface area contributed by atoms with Crippen molar-refractivity contribution in [3.8, 4) is 5.75 Å². The van der Waals surface area contributed by atoms with E-state index in [0.717, 1.165) is 11.5 Å². The molecule has 0 atom stereocenters. The monoisotopic (exact) mass is 458 g/mol. The third-order valence-electron chi connectivity index (χ3n) is 4.59. The lowest BCUT2D eigenvalue weighted by Crippen LogP contribution is -2.04. The molecule has 4 aromatic rings. The van der Waals surface area contributed by atoms with Crippen LogP contribution in [0.5, 0.6) is 5.75 Å². The Morgan fingerprint density at radius 3 is 2.13 bits per heavy atom. The summed E-state index contributed by atoms with van der Waals surface area (Å²) in [5.74, 6) is -0.0921. The SMILES string of the molecule is O=S(=O)(O)c1cc(S(=O)(=O)O)c2ccc(N=Nc3c(O)ccc4ccccc34)cc2c1. The topological polar surface area (TPSA) is 154 Å². The van der Waals surface area contributed by atoms with Gasteiger partial charge in [-0.05, 0) is 41.1 Å². The van der Waals surface area contributed by atoms with E-state index in [1.54, 1.807) is 18.2 Å². The van der Waals surface area contributed by atoms with Crippen LogP contribution in [0.25, 0.3) is 21.5 Å². The maximum atomic E-state index is 11.7. The van der Waals surface area contributed by atoms with E-state index in [4.69, 9.17) is 0 Å². The summed E-state index contributed by atoms with van der Waals surface area (Å²) >= 11 is 0. The second-order valence-electron chi connectivity index (χ2n) is 6.63. The summed E-state index contributed by atoms with van der Waals surface area (Å²) in [7, 11) is -9.51. The number of phenols is 1. The first-order valence-electron chi connectivity index (χ1n) is 8.69. The van der Waals surface area contributed by atoms with E-state index >= 15 is 0 Å². The zero-order valence-electron chi connectivity index (χ0n) is 15.5. The van der Waals surface area contributed by atoms with Crippen molar-refractivity contribution in [3.63, 3.8) is 0 Å². The largest absolute Gasteiger partial charge is 0.506 e. The number of fused-ring (bicyclic) bond motifs is 2. The second-order valence-corrected chi connectivity index (χ2v) is 9.44. The number of hydrogen-bond acceptors (Lipinski definition) is 7. The molecule has 11 heteroatoms. The lowest BCUT2D eigenvalue weighted by molar-refractivity contribution is 0.476. The highest BCUT2D eigenvalue weighted by molar-refractivity contribution is 7.86. The van der Waals surface area contributed by atoms with Gasteiger partial charge in [-0.2, -0.15) is 21.9 Å². The quantitative estimate of drug-likeness (QED) is 0.298. The average molecular weight is 458 g/mol. The van der Waals surface area contributed by atoms with Gasteiger partial charge in [0.05, 0.1) is 10.6 Å². The summed E-state index contributed by atoms with van der Waals surface area (Å²) < 4.78 is 65.2. The molecular weight excluding hydrogens is 444 g/mol. The number of phenolic OH excluding ortho intramolecular Hbond substituents is 1. The van der Waals surface area contributed by atoms with E-state index in [1.165, 1.54) is 24.3 Å². The van der Waals surface area contributed by atoms with Crippen LogP contribution in [-0.4, -0.2) is 31.0 Å². The molecule has 0 aliphatic rings. The maximum absolute atomic E-state index is 11.7. The molecule has 0 unspecified atom stereocenters. The van der Waals surface area contributed by atoms with Crippen LogP contribution in [0, 0.1) is 0 Å². The molecule has 0 saturated carbocycles. The Labute approximate surface area is 176 Å². The van der Waals surface area contributed by atoms with Crippen molar-refractivity contribution in [3.05, 3.63) is 66.7 Å². The van der Waals surface area contributed by atoms with Gasteiger partial charge in [0, 0.05) is 10.8 Å². The molecule has 0 amide bonds. The van der Waals surface area contributed by atoms with Gasteiger partial charge in [-0.15, -0.1) is 5.11 Å². The minimum absolute atomic E-state index is 0.0295. The van der Waals surface area contributed by atoms with Crippen LogP contribution in [0.3, 0.4) is 0 Å². The van der Waals surface area contributed by atoms with Crippen molar-refractivity contribution in [2.75, 3.05) is 0 Å². The van der Waals surface area contributed by atoms with E-state index in [1.807, 2.05) is 12.1 Å². The molecule has 31 heavy (non-hydrogen) atoms. The Balaban J connectivity index is 1.88. The molecule has 3 N–H and O–H groups in total. The normalized spacial score (nSPS) is 12.7. The number of hydrogen-bond donors (Lipinski definition) is 3. The zero-order valence-corrected chi connectivity index (χ0v) is 17.2. The minimum Gasteiger partial charge on any atom is -0.506 e. The van der Waals surface area contributed by atoms with Gasteiger partial charge < -0.3 is 5.11 Å². The van der Waals surface area contributed by atoms with Crippen molar-refractivity contribution in [1.29, 1.82) is 0 Å².